The predicted octanol–water partition coefficient (Wildman–Crippen LogP) is 3.32. The molecule has 0 aliphatic carbocycles. The quantitative estimate of drug-likeness (QED) is 0.261. The maximum absolute atomic E-state index is 13.3. The molecule has 0 saturated carbocycles. The molecule has 0 heterocycles. The number of nitrogens with two attached hydrogens (primary N) is 1. The maximum atomic E-state index is 13.3. The molecular formula is C15H13F7N2O3. The second-order valence-corrected chi connectivity index (χ2v) is 5.20. The highest BCUT2D eigenvalue weighted by atomic mass is 19.4. The van der Waals surface area contributed by atoms with Crippen LogP contribution in [-0.2, 0) is 4.79 Å². The molecule has 1 aromatic carbocycles. The standard InChI is InChI=1S/C15H13F7N2O3/c1-8(7-11(25)13(16,17)14(18,19)15(20,21)22)24(23)12(26)9-3-5-10(27-2)6-4-9/h3-7H,23H2,1-2H3. The molecule has 5 nitrogen and oxygen atoms in total. The van der Waals surface area contributed by atoms with Gasteiger partial charge in [0.25, 0.3) is 5.91 Å². The van der Waals surface area contributed by atoms with Gasteiger partial charge in [0, 0.05) is 17.3 Å². The van der Waals surface area contributed by atoms with Crippen LogP contribution in [0.1, 0.15) is 17.3 Å². The Bertz CT molecular complexity index is 743. The molecule has 0 fully saturated rings. The Morgan fingerprint density at radius 1 is 1.04 bits per heavy atom. The molecule has 1 amide bonds. The number of methoxy groups -OCH3 is 1. The number of carbonyl (C=O) groups excluding carboxylic acids is 2. The van der Waals surface area contributed by atoms with Crippen molar-refractivity contribution in [3.8, 4) is 5.75 Å². The minimum absolute atomic E-state index is 0.0918. The number of hydrazine groups is 1. The Morgan fingerprint density at radius 2 is 1.52 bits per heavy atom. The van der Waals surface area contributed by atoms with E-state index in [1.807, 2.05) is 0 Å². The third-order valence-corrected chi connectivity index (χ3v) is 3.34. The molecule has 12 heteroatoms. The van der Waals surface area contributed by atoms with Crippen LogP contribution in [0.2, 0.25) is 0 Å². The number of ether oxygens (including phenoxy) is 1. The van der Waals surface area contributed by atoms with Gasteiger partial charge in [0.05, 0.1) is 7.11 Å². The van der Waals surface area contributed by atoms with Crippen LogP contribution in [0, 0.1) is 0 Å². The summed E-state index contributed by atoms with van der Waals surface area (Å²) in [5.41, 5.74) is -0.871. The van der Waals surface area contributed by atoms with E-state index in [4.69, 9.17) is 10.6 Å². The average molecular weight is 402 g/mol. The molecule has 0 unspecified atom stereocenters. The number of halogens is 7. The van der Waals surface area contributed by atoms with Crippen molar-refractivity contribution in [2.45, 2.75) is 24.9 Å². The van der Waals surface area contributed by atoms with Crippen LogP contribution in [0.15, 0.2) is 36.0 Å². The van der Waals surface area contributed by atoms with E-state index >= 15 is 0 Å². The molecule has 27 heavy (non-hydrogen) atoms. The van der Waals surface area contributed by atoms with Crippen molar-refractivity contribution >= 4 is 11.7 Å². The third kappa shape index (κ3) is 4.38. The van der Waals surface area contributed by atoms with Gasteiger partial charge in [-0.3, -0.25) is 9.59 Å². The zero-order chi connectivity index (χ0) is 21.2. The lowest BCUT2D eigenvalue weighted by molar-refractivity contribution is -0.342. The van der Waals surface area contributed by atoms with Crippen molar-refractivity contribution in [1.82, 2.24) is 5.01 Å². The second kappa shape index (κ2) is 7.55. The molecule has 150 valence electrons. The minimum atomic E-state index is -6.66. The van der Waals surface area contributed by atoms with E-state index in [-0.39, 0.29) is 16.6 Å². The van der Waals surface area contributed by atoms with Crippen LogP contribution < -0.4 is 10.6 Å². The first-order chi connectivity index (χ1) is 12.2. The van der Waals surface area contributed by atoms with E-state index in [0.717, 1.165) is 6.92 Å². The van der Waals surface area contributed by atoms with Crippen LogP contribution in [-0.4, -0.2) is 41.8 Å². The molecular weight excluding hydrogens is 389 g/mol. The Labute approximate surface area is 148 Å². The summed E-state index contributed by atoms with van der Waals surface area (Å²) in [6.07, 6.45) is -6.92. The number of carbonyl (C=O) groups is 2. The molecule has 0 aliphatic heterocycles. The fourth-order valence-electron chi connectivity index (χ4n) is 1.72. The largest absolute Gasteiger partial charge is 0.497 e. The van der Waals surface area contributed by atoms with Crippen molar-refractivity contribution in [2.75, 3.05) is 7.11 Å². The van der Waals surface area contributed by atoms with Gasteiger partial charge in [0.2, 0.25) is 5.78 Å². The van der Waals surface area contributed by atoms with Crippen LogP contribution in [0.5, 0.6) is 5.75 Å². The number of amides is 1. The lowest BCUT2D eigenvalue weighted by Gasteiger charge is -2.26. The third-order valence-electron chi connectivity index (χ3n) is 3.34. The number of nitrogens with zero attached hydrogens (tertiary/aromatic N) is 1. The molecule has 0 aromatic heterocycles. The Kier molecular flexibility index (Phi) is 6.26. The summed E-state index contributed by atoms with van der Waals surface area (Å²) < 4.78 is 93.4. The van der Waals surface area contributed by atoms with Gasteiger partial charge >= 0.3 is 18.0 Å². The van der Waals surface area contributed by atoms with E-state index < -0.39 is 35.4 Å². The first-order valence-corrected chi connectivity index (χ1v) is 6.95. The van der Waals surface area contributed by atoms with E-state index in [2.05, 4.69) is 0 Å². The summed E-state index contributed by atoms with van der Waals surface area (Å²) in [5, 5.41) is 0.154. The normalized spacial score (nSPS) is 13.3. The number of rotatable bonds is 6. The van der Waals surface area contributed by atoms with Crippen molar-refractivity contribution in [3.05, 3.63) is 41.6 Å². The smallest absolute Gasteiger partial charge is 0.460 e. The van der Waals surface area contributed by atoms with Gasteiger partial charge < -0.3 is 4.74 Å². The van der Waals surface area contributed by atoms with Gasteiger partial charge in [-0.05, 0) is 31.2 Å². The van der Waals surface area contributed by atoms with Gasteiger partial charge in [0.1, 0.15) is 5.75 Å². The number of alkyl halides is 7. The van der Waals surface area contributed by atoms with Crippen molar-refractivity contribution in [1.29, 1.82) is 0 Å². The average Bonchev–Trinajstić information content (AvgIpc) is 2.59. The number of ketones is 1. The summed E-state index contributed by atoms with van der Waals surface area (Å²) in [6, 6.07) is 5.15. The molecule has 2 N–H and O–H groups in total. The van der Waals surface area contributed by atoms with E-state index in [1.54, 1.807) is 0 Å². The lowest BCUT2D eigenvalue weighted by Crippen LogP contribution is -2.55. The highest BCUT2D eigenvalue weighted by molar-refractivity contribution is 5.99. The topological polar surface area (TPSA) is 72.6 Å². The zero-order valence-corrected chi connectivity index (χ0v) is 13.8. The number of hydrogen-bond acceptors (Lipinski definition) is 4. The van der Waals surface area contributed by atoms with Gasteiger partial charge in [-0.25, -0.2) is 10.9 Å². The summed E-state index contributed by atoms with van der Waals surface area (Å²) in [4.78, 5) is 23.4. The fraction of sp³-hybridized carbons (Fsp3) is 0.333. The lowest BCUT2D eigenvalue weighted by atomic mass is 10.1. The van der Waals surface area contributed by atoms with Crippen molar-refractivity contribution < 1.29 is 45.1 Å². The molecule has 0 spiro atoms. The minimum Gasteiger partial charge on any atom is -0.497 e. The van der Waals surface area contributed by atoms with Crippen LogP contribution in [0.3, 0.4) is 0 Å². The van der Waals surface area contributed by atoms with E-state index in [9.17, 15) is 40.3 Å². The molecule has 0 aliphatic rings. The molecule has 0 radical (unpaired) electrons. The number of hydrogen-bond donors (Lipinski definition) is 1. The van der Waals surface area contributed by atoms with Gasteiger partial charge in [-0.15, -0.1) is 0 Å². The Hall–Kier alpha value is -2.63. The SMILES string of the molecule is COc1ccc(C(=O)N(N)C(C)=CC(=O)C(F)(F)C(F)(F)C(F)(F)F)cc1. The van der Waals surface area contributed by atoms with Gasteiger partial charge in [-0.1, -0.05) is 0 Å². The molecule has 0 saturated heterocycles. The van der Waals surface area contributed by atoms with Gasteiger partial charge in [0.15, 0.2) is 0 Å². The summed E-state index contributed by atoms with van der Waals surface area (Å²) in [5.74, 6) is -10.9. The summed E-state index contributed by atoms with van der Waals surface area (Å²) >= 11 is 0. The first kappa shape index (κ1) is 22.4. The second-order valence-electron chi connectivity index (χ2n) is 5.20. The highest BCUT2D eigenvalue weighted by Crippen LogP contribution is 2.47. The first-order valence-electron chi connectivity index (χ1n) is 6.95. The molecule has 1 aromatic rings. The van der Waals surface area contributed by atoms with E-state index in [0.29, 0.717) is 5.75 Å². The predicted molar refractivity (Wildman–Crippen MR) is 78.1 cm³/mol. The summed E-state index contributed by atoms with van der Waals surface area (Å²) in [6.45, 7) is 0.807. The van der Waals surface area contributed by atoms with Gasteiger partial charge in [-0.2, -0.15) is 30.7 Å². The molecule has 0 atom stereocenters. The monoisotopic (exact) mass is 402 g/mol. The Balaban J connectivity index is 3.08. The fourth-order valence-corrected chi connectivity index (χ4v) is 1.72. The van der Waals surface area contributed by atoms with Crippen LogP contribution >= 0.6 is 0 Å². The number of allylic oxidation sites excluding steroid dienone is 2. The zero-order valence-electron chi connectivity index (χ0n) is 13.8. The van der Waals surface area contributed by atoms with Crippen LogP contribution in [0.4, 0.5) is 30.7 Å². The summed E-state index contributed by atoms with van der Waals surface area (Å²) in [7, 11) is 1.35. The highest BCUT2D eigenvalue weighted by Gasteiger charge is 2.75. The number of benzene rings is 1. The van der Waals surface area contributed by atoms with Crippen LogP contribution in [0.25, 0.3) is 0 Å². The molecule has 1 rings (SSSR count). The van der Waals surface area contributed by atoms with Crippen molar-refractivity contribution in [3.63, 3.8) is 0 Å². The van der Waals surface area contributed by atoms with E-state index in [1.165, 1.54) is 31.4 Å². The maximum Gasteiger partial charge on any atom is 0.460 e. The molecule has 0 bridgehead atoms. The Morgan fingerprint density at radius 3 is 1.93 bits per heavy atom. The van der Waals surface area contributed by atoms with Crippen molar-refractivity contribution in [2.24, 2.45) is 5.84 Å².